The lowest BCUT2D eigenvalue weighted by Crippen LogP contribution is -2.11. The van der Waals surface area contributed by atoms with Gasteiger partial charge in [-0.1, -0.05) is 12.1 Å². The van der Waals surface area contributed by atoms with Gasteiger partial charge in [-0.2, -0.15) is 0 Å². The second-order valence-electron chi connectivity index (χ2n) is 5.06. The van der Waals surface area contributed by atoms with Crippen molar-refractivity contribution >= 4 is 29.3 Å². The Hall–Kier alpha value is -2.34. The van der Waals surface area contributed by atoms with Crippen LogP contribution in [-0.2, 0) is 16.1 Å². The van der Waals surface area contributed by atoms with Crippen LogP contribution in [0.1, 0.15) is 22.3 Å². The molecule has 0 aromatic heterocycles. The minimum Gasteiger partial charge on any atom is -0.457 e. The zero-order chi connectivity index (χ0) is 16.2. The number of anilines is 1. The maximum absolute atomic E-state index is 13.1. The van der Waals surface area contributed by atoms with E-state index in [0.29, 0.717) is 29.0 Å². The van der Waals surface area contributed by atoms with E-state index in [1.807, 2.05) is 0 Å². The Kier molecular flexibility index (Phi) is 4.62. The lowest BCUT2D eigenvalue weighted by atomic mass is 10.2. The Morgan fingerprint density at radius 3 is 2.96 bits per heavy atom. The summed E-state index contributed by atoms with van der Waals surface area (Å²) in [5, 5.41) is 2.78. The third-order valence-corrected chi connectivity index (χ3v) is 4.41. The highest BCUT2D eigenvalue weighted by Crippen LogP contribution is 2.31. The van der Waals surface area contributed by atoms with Crippen LogP contribution in [0.15, 0.2) is 47.4 Å². The molecule has 1 amide bonds. The van der Waals surface area contributed by atoms with Gasteiger partial charge in [-0.15, -0.1) is 11.8 Å². The third kappa shape index (κ3) is 3.90. The molecule has 1 heterocycles. The van der Waals surface area contributed by atoms with Crippen molar-refractivity contribution in [3.63, 3.8) is 0 Å². The molecule has 0 atom stereocenters. The number of rotatable bonds is 3. The monoisotopic (exact) mass is 331 g/mol. The van der Waals surface area contributed by atoms with Gasteiger partial charge in [0, 0.05) is 17.1 Å². The fourth-order valence-corrected chi connectivity index (χ4v) is 3.14. The molecule has 1 N–H and O–H groups in total. The highest BCUT2D eigenvalue weighted by molar-refractivity contribution is 7.99. The zero-order valence-electron chi connectivity index (χ0n) is 12.2. The quantitative estimate of drug-likeness (QED) is 0.873. The number of amides is 1. The molecule has 0 spiro atoms. The van der Waals surface area contributed by atoms with E-state index in [4.69, 9.17) is 4.74 Å². The van der Waals surface area contributed by atoms with Gasteiger partial charge >= 0.3 is 5.97 Å². The maximum Gasteiger partial charge on any atom is 0.338 e. The molecule has 23 heavy (non-hydrogen) atoms. The number of halogens is 1. The van der Waals surface area contributed by atoms with Gasteiger partial charge in [-0.3, -0.25) is 4.79 Å². The van der Waals surface area contributed by atoms with Gasteiger partial charge in [0.15, 0.2) is 0 Å². The average molecular weight is 331 g/mol. The van der Waals surface area contributed by atoms with Crippen LogP contribution in [0.25, 0.3) is 0 Å². The molecule has 0 bridgehead atoms. The molecule has 2 aromatic carbocycles. The minimum atomic E-state index is -0.513. The molecule has 0 unspecified atom stereocenters. The molecule has 0 aliphatic carbocycles. The summed E-state index contributed by atoms with van der Waals surface area (Å²) in [5.41, 5.74) is 1.55. The molecule has 0 saturated heterocycles. The average Bonchev–Trinajstić information content (AvgIpc) is 2.72. The predicted molar refractivity (Wildman–Crippen MR) is 85.9 cm³/mol. The topological polar surface area (TPSA) is 55.4 Å². The second-order valence-corrected chi connectivity index (χ2v) is 6.20. The molecule has 118 valence electrons. The van der Waals surface area contributed by atoms with Crippen LogP contribution in [0, 0.1) is 5.82 Å². The lowest BCUT2D eigenvalue weighted by molar-refractivity contribution is -0.115. The molecule has 0 fully saturated rings. The van der Waals surface area contributed by atoms with Gasteiger partial charge in [0.05, 0.1) is 11.3 Å². The van der Waals surface area contributed by atoms with Crippen LogP contribution in [0.2, 0.25) is 0 Å². The SMILES string of the molecule is O=C1CCSc2ccc(C(=O)OCc3cccc(F)c3)cc2N1. The van der Waals surface area contributed by atoms with Crippen molar-refractivity contribution in [1.29, 1.82) is 0 Å². The second kappa shape index (κ2) is 6.83. The van der Waals surface area contributed by atoms with E-state index in [2.05, 4.69) is 5.32 Å². The number of hydrogen-bond acceptors (Lipinski definition) is 4. The van der Waals surface area contributed by atoms with Gasteiger partial charge in [0.1, 0.15) is 12.4 Å². The minimum absolute atomic E-state index is 0.00517. The van der Waals surface area contributed by atoms with Crippen LogP contribution in [0.4, 0.5) is 10.1 Å². The zero-order valence-corrected chi connectivity index (χ0v) is 13.0. The summed E-state index contributed by atoms with van der Waals surface area (Å²) in [6.45, 7) is -0.00517. The lowest BCUT2D eigenvalue weighted by Gasteiger charge is -2.09. The van der Waals surface area contributed by atoms with Gasteiger partial charge in [0.25, 0.3) is 0 Å². The Labute approximate surface area is 137 Å². The van der Waals surface area contributed by atoms with Crippen LogP contribution in [-0.4, -0.2) is 17.6 Å². The standard InChI is InChI=1S/C17H14FNO3S/c18-13-3-1-2-11(8-13)10-22-17(21)12-4-5-15-14(9-12)19-16(20)6-7-23-15/h1-5,8-9H,6-7,10H2,(H,19,20). The van der Waals surface area contributed by atoms with Gasteiger partial charge < -0.3 is 10.1 Å². The Bertz CT molecular complexity index is 763. The number of fused-ring (bicyclic) bond motifs is 1. The van der Waals surface area contributed by atoms with E-state index in [0.717, 1.165) is 4.90 Å². The molecule has 3 rings (SSSR count). The first-order chi connectivity index (χ1) is 11.1. The first-order valence-corrected chi connectivity index (χ1v) is 8.08. The molecule has 1 aliphatic rings. The van der Waals surface area contributed by atoms with Crippen molar-refractivity contribution < 1.29 is 18.7 Å². The summed E-state index contributed by atoms with van der Waals surface area (Å²) in [7, 11) is 0. The fraction of sp³-hybridized carbons (Fsp3) is 0.176. The summed E-state index contributed by atoms with van der Waals surface area (Å²) in [5.74, 6) is -0.243. The van der Waals surface area contributed by atoms with Crippen molar-refractivity contribution in [3.8, 4) is 0 Å². The molecule has 2 aromatic rings. The maximum atomic E-state index is 13.1. The molecule has 0 saturated carbocycles. The highest BCUT2D eigenvalue weighted by atomic mass is 32.2. The van der Waals surface area contributed by atoms with Crippen molar-refractivity contribution in [2.75, 3.05) is 11.1 Å². The van der Waals surface area contributed by atoms with E-state index in [9.17, 15) is 14.0 Å². The van der Waals surface area contributed by atoms with Gasteiger partial charge in [0.2, 0.25) is 5.91 Å². The van der Waals surface area contributed by atoms with Crippen LogP contribution in [0.3, 0.4) is 0 Å². The normalized spacial score (nSPS) is 13.7. The van der Waals surface area contributed by atoms with E-state index in [1.165, 1.54) is 12.1 Å². The fourth-order valence-electron chi connectivity index (χ4n) is 2.21. The number of benzene rings is 2. The number of thioether (sulfide) groups is 1. The summed E-state index contributed by atoms with van der Waals surface area (Å²) < 4.78 is 18.3. The molecular weight excluding hydrogens is 317 g/mol. The Morgan fingerprint density at radius 1 is 1.26 bits per heavy atom. The van der Waals surface area contributed by atoms with E-state index >= 15 is 0 Å². The number of nitrogens with one attached hydrogen (secondary N) is 1. The molecule has 6 heteroatoms. The van der Waals surface area contributed by atoms with E-state index < -0.39 is 5.97 Å². The van der Waals surface area contributed by atoms with Crippen molar-refractivity contribution in [2.24, 2.45) is 0 Å². The summed E-state index contributed by atoms with van der Waals surface area (Å²) >= 11 is 1.57. The number of ether oxygens (including phenoxy) is 1. The van der Waals surface area contributed by atoms with Crippen molar-refractivity contribution in [2.45, 2.75) is 17.9 Å². The largest absolute Gasteiger partial charge is 0.457 e. The smallest absolute Gasteiger partial charge is 0.338 e. The Morgan fingerprint density at radius 2 is 2.13 bits per heavy atom. The van der Waals surface area contributed by atoms with E-state index in [1.54, 1.807) is 42.1 Å². The van der Waals surface area contributed by atoms with Crippen LogP contribution >= 0.6 is 11.8 Å². The van der Waals surface area contributed by atoms with Crippen LogP contribution < -0.4 is 5.32 Å². The van der Waals surface area contributed by atoms with Crippen molar-refractivity contribution in [3.05, 3.63) is 59.4 Å². The van der Waals surface area contributed by atoms with Gasteiger partial charge in [-0.05, 0) is 35.9 Å². The molecule has 0 radical (unpaired) electrons. The molecular formula is C17H14FNO3S. The van der Waals surface area contributed by atoms with Gasteiger partial charge in [-0.25, -0.2) is 9.18 Å². The van der Waals surface area contributed by atoms with Crippen molar-refractivity contribution in [1.82, 2.24) is 0 Å². The molecule has 1 aliphatic heterocycles. The predicted octanol–water partition coefficient (Wildman–Crippen LogP) is 3.62. The Balaban J connectivity index is 1.71. The summed E-state index contributed by atoms with van der Waals surface area (Å²) in [4.78, 5) is 24.6. The first kappa shape index (κ1) is 15.6. The highest BCUT2D eigenvalue weighted by Gasteiger charge is 2.16. The number of carbonyl (C=O) groups excluding carboxylic acids is 2. The number of carbonyl (C=O) groups is 2. The summed E-state index contributed by atoms with van der Waals surface area (Å²) in [6.07, 6.45) is 0.443. The van der Waals surface area contributed by atoms with E-state index in [-0.39, 0.29) is 18.3 Å². The summed E-state index contributed by atoms with van der Waals surface area (Å²) in [6, 6.07) is 11.0. The number of esters is 1. The van der Waals surface area contributed by atoms with Crippen LogP contribution in [0.5, 0.6) is 0 Å². The third-order valence-electron chi connectivity index (χ3n) is 3.34. The molecule has 4 nitrogen and oxygen atoms in total. The first-order valence-electron chi connectivity index (χ1n) is 7.10. The number of hydrogen-bond donors (Lipinski definition) is 1.